The summed E-state index contributed by atoms with van der Waals surface area (Å²) in [5, 5.41) is 14.9. The van der Waals surface area contributed by atoms with Crippen LogP contribution in [0.1, 0.15) is 24.4 Å². The second-order valence-corrected chi connectivity index (χ2v) is 6.77. The lowest BCUT2D eigenvalue weighted by Gasteiger charge is -2.32. The van der Waals surface area contributed by atoms with Crippen molar-refractivity contribution in [3.8, 4) is 0 Å². The molecule has 28 heavy (non-hydrogen) atoms. The Kier molecular flexibility index (Phi) is 6.26. The largest absolute Gasteiger partial charge is 0.479 e. The Balaban J connectivity index is 1.62. The molecule has 0 aromatic heterocycles. The van der Waals surface area contributed by atoms with Crippen LogP contribution in [-0.4, -0.2) is 41.0 Å². The van der Waals surface area contributed by atoms with Gasteiger partial charge in [0.15, 0.2) is 6.04 Å². The van der Waals surface area contributed by atoms with Crippen LogP contribution in [0.5, 0.6) is 0 Å². The van der Waals surface area contributed by atoms with Gasteiger partial charge in [-0.15, -0.1) is 0 Å². The average Bonchev–Trinajstić information content (AvgIpc) is 2.73. The molecule has 2 atom stereocenters. The topological polar surface area (TPSA) is 98.7 Å². The van der Waals surface area contributed by atoms with Gasteiger partial charge < -0.3 is 20.6 Å². The number of nitrogens with one attached hydrogen (secondary N) is 2. The molecule has 2 unspecified atom stereocenters. The van der Waals surface area contributed by atoms with Gasteiger partial charge in [-0.05, 0) is 30.5 Å². The summed E-state index contributed by atoms with van der Waals surface area (Å²) in [6.45, 7) is 0.815. The Labute approximate surface area is 163 Å². The van der Waals surface area contributed by atoms with E-state index >= 15 is 0 Å². The number of aliphatic carboxylic acids is 1. The number of anilines is 1. The Morgan fingerprint density at radius 3 is 2.29 bits per heavy atom. The van der Waals surface area contributed by atoms with E-state index in [1.807, 2.05) is 18.2 Å². The third kappa shape index (κ3) is 4.88. The fraction of sp³-hybridized carbons (Fsp3) is 0.286. The van der Waals surface area contributed by atoms with E-state index in [0.717, 1.165) is 0 Å². The van der Waals surface area contributed by atoms with Gasteiger partial charge in [-0.25, -0.2) is 9.59 Å². The molecule has 7 heteroatoms. The zero-order chi connectivity index (χ0) is 19.9. The lowest BCUT2D eigenvalue weighted by molar-refractivity contribution is -0.143. The molecule has 3 N–H and O–H groups in total. The molecule has 3 rings (SSSR count). The van der Waals surface area contributed by atoms with Crippen molar-refractivity contribution >= 4 is 23.6 Å². The number of benzene rings is 2. The van der Waals surface area contributed by atoms with Gasteiger partial charge in [-0.2, -0.15) is 0 Å². The van der Waals surface area contributed by atoms with Crippen LogP contribution in [0.25, 0.3) is 0 Å². The number of amides is 3. The monoisotopic (exact) mass is 381 g/mol. The normalized spacial score (nSPS) is 17.4. The zero-order valence-electron chi connectivity index (χ0n) is 15.4. The highest BCUT2D eigenvalue weighted by Crippen LogP contribution is 2.20. The van der Waals surface area contributed by atoms with Crippen molar-refractivity contribution in [2.75, 3.05) is 18.4 Å². The van der Waals surface area contributed by atoms with E-state index in [9.17, 15) is 19.5 Å². The number of hydrogen-bond acceptors (Lipinski definition) is 3. The zero-order valence-corrected chi connectivity index (χ0v) is 15.4. The van der Waals surface area contributed by atoms with Crippen LogP contribution in [0.4, 0.5) is 10.5 Å². The summed E-state index contributed by atoms with van der Waals surface area (Å²) in [4.78, 5) is 38.4. The molecule has 0 spiro atoms. The quantitative estimate of drug-likeness (QED) is 0.742. The number of carbonyl (C=O) groups excluding carboxylic acids is 2. The number of carboxylic acids is 1. The van der Waals surface area contributed by atoms with Crippen LogP contribution in [0, 0.1) is 5.92 Å². The Morgan fingerprint density at radius 1 is 1.00 bits per heavy atom. The second kappa shape index (κ2) is 9.03. The fourth-order valence-electron chi connectivity index (χ4n) is 3.29. The number of urea groups is 1. The minimum absolute atomic E-state index is 0.256. The van der Waals surface area contributed by atoms with Crippen molar-refractivity contribution in [1.82, 2.24) is 10.2 Å². The Bertz CT molecular complexity index is 826. The van der Waals surface area contributed by atoms with Gasteiger partial charge in [0.25, 0.3) is 0 Å². The molecule has 2 aromatic rings. The van der Waals surface area contributed by atoms with Gasteiger partial charge in [-0.1, -0.05) is 48.5 Å². The molecule has 1 saturated heterocycles. The third-order valence-electron chi connectivity index (χ3n) is 4.77. The molecule has 0 saturated carbocycles. The first-order valence-corrected chi connectivity index (χ1v) is 9.23. The molecule has 1 aliphatic rings. The first-order valence-electron chi connectivity index (χ1n) is 9.23. The smallest absolute Gasteiger partial charge is 0.330 e. The van der Waals surface area contributed by atoms with Crippen LogP contribution in [0.3, 0.4) is 0 Å². The first kappa shape index (κ1) is 19.4. The summed E-state index contributed by atoms with van der Waals surface area (Å²) in [5.74, 6) is -1.91. The Morgan fingerprint density at radius 2 is 1.64 bits per heavy atom. The maximum atomic E-state index is 12.7. The van der Waals surface area contributed by atoms with Gasteiger partial charge in [0.2, 0.25) is 5.91 Å². The highest BCUT2D eigenvalue weighted by atomic mass is 16.4. The second-order valence-electron chi connectivity index (χ2n) is 6.77. The number of para-hydroxylation sites is 1. The van der Waals surface area contributed by atoms with Gasteiger partial charge in [0.05, 0.1) is 5.92 Å². The lowest BCUT2D eigenvalue weighted by Crippen LogP contribution is -2.48. The number of carboxylic acid groups (broad SMARTS) is 1. The van der Waals surface area contributed by atoms with E-state index in [-0.39, 0.29) is 18.5 Å². The average molecular weight is 381 g/mol. The standard InChI is InChI=1S/C21H23N3O4/c25-19(23-18(20(26)27)15-8-3-1-4-9-15)16-10-7-13-24(14-16)21(28)22-17-11-5-2-6-12-17/h1-6,8-9,11-12,16,18H,7,10,13-14H2,(H,22,28)(H,23,25)(H,26,27). The summed E-state index contributed by atoms with van der Waals surface area (Å²) in [6.07, 6.45) is 1.30. The van der Waals surface area contributed by atoms with Crippen LogP contribution >= 0.6 is 0 Å². The van der Waals surface area contributed by atoms with Crippen molar-refractivity contribution < 1.29 is 19.5 Å². The molecule has 7 nitrogen and oxygen atoms in total. The predicted octanol–water partition coefficient (Wildman–Crippen LogP) is 2.87. The van der Waals surface area contributed by atoms with Gasteiger partial charge in [0, 0.05) is 18.8 Å². The van der Waals surface area contributed by atoms with Crippen LogP contribution in [0.15, 0.2) is 60.7 Å². The van der Waals surface area contributed by atoms with E-state index < -0.39 is 17.9 Å². The minimum atomic E-state index is -1.12. The fourth-order valence-corrected chi connectivity index (χ4v) is 3.29. The van der Waals surface area contributed by atoms with E-state index in [2.05, 4.69) is 10.6 Å². The maximum absolute atomic E-state index is 12.7. The maximum Gasteiger partial charge on any atom is 0.330 e. The third-order valence-corrected chi connectivity index (χ3v) is 4.77. The number of rotatable bonds is 5. The van der Waals surface area contributed by atoms with Crippen molar-refractivity contribution in [3.63, 3.8) is 0 Å². The van der Waals surface area contributed by atoms with Crippen molar-refractivity contribution in [2.45, 2.75) is 18.9 Å². The van der Waals surface area contributed by atoms with E-state index in [4.69, 9.17) is 0 Å². The van der Waals surface area contributed by atoms with Crippen molar-refractivity contribution in [2.24, 2.45) is 5.92 Å². The summed E-state index contributed by atoms with van der Waals surface area (Å²) < 4.78 is 0. The SMILES string of the molecule is O=C(NC(C(=O)O)c1ccccc1)C1CCCN(C(=O)Nc2ccccc2)C1. The Hall–Kier alpha value is -3.35. The van der Waals surface area contributed by atoms with Crippen LogP contribution in [0.2, 0.25) is 0 Å². The summed E-state index contributed by atoms with van der Waals surface area (Å²) >= 11 is 0. The summed E-state index contributed by atoms with van der Waals surface area (Å²) in [7, 11) is 0. The molecule has 1 fully saturated rings. The van der Waals surface area contributed by atoms with Crippen molar-refractivity contribution in [1.29, 1.82) is 0 Å². The molecule has 2 aromatic carbocycles. The van der Waals surface area contributed by atoms with Crippen LogP contribution in [-0.2, 0) is 9.59 Å². The first-order chi connectivity index (χ1) is 13.5. The van der Waals surface area contributed by atoms with E-state index in [0.29, 0.717) is 30.6 Å². The minimum Gasteiger partial charge on any atom is -0.479 e. The van der Waals surface area contributed by atoms with E-state index in [1.54, 1.807) is 47.4 Å². The van der Waals surface area contributed by atoms with Crippen LogP contribution < -0.4 is 10.6 Å². The summed E-state index contributed by atoms with van der Waals surface area (Å²) in [6, 6.07) is 16.3. The molecule has 0 aliphatic carbocycles. The molecular formula is C21H23N3O4. The van der Waals surface area contributed by atoms with Crippen molar-refractivity contribution in [3.05, 3.63) is 66.2 Å². The number of carbonyl (C=O) groups is 3. The lowest BCUT2D eigenvalue weighted by atomic mass is 9.96. The number of hydrogen-bond donors (Lipinski definition) is 3. The number of nitrogens with zero attached hydrogens (tertiary/aromatic N) is 1. The summed E-state index contributed by atoms with van der Waals surface area (Å²) in [5.41, 5.74) is 1.20. The molecule has 0 bridgehead atoms. The highest BCUT2D eigenvalue weighted by molar-refractivity contribution is 5.90. The molecule has 0 radical (unpaired) electrons. The van der Waals surface area contributed by atoms with Gasteiger partial charge in [-0.3, -0.25) is 4.79 Å². The van der Waals surface area contributed by atoms with Gasteiger partial charge in [0.1, 0.15) is 0 Å². The highest BCUT2D eigenvalue weighted by Gasteiger charge is 2.31. The number of likely N-dealkylation sites (tertiary alicyclic amines) is 1. The molecule has 3 amide bonds. The number of piperidine rings is 1. The molecule has 146 valence electrons. The molecule has 1 aliphatic heterocycles. The predicted molar refractivity (Wildman–Crippen MR) is 105 cm³/mol. The molecule has 1 heterocycles. The molecular weight excluding hydrogens is 358 g/mol. The van der Waals surface area contributed by atoms with E-state index in [1.165, 1.54) is 0 Å². The van der Waals surface area contributed by atoms with Gasteiger partial charge >= 0.3 is 12.0 Å².